The molecule has 1 atom stereocenters. The molecule has 0 spiro atoms. The number of fused-ring (bicyclic) bond motifs is 1. The lowest BCUT2D eigenvalue weighted by molar-refractivity contribution is -0.135. The number of amides is 1. The largest absolute Gasteiger partial charge is 0.336 e. The fourth-order valence-corrected chi connectivity index (χ4v) is 3.69. The van der Waals surface area contributed by atoms with Gasteiger partial charge in [0.15, 0.2) is 11.2 Å². The number of imidazole rings is 2. The maximum atomic E-state index is 13.1. The number of hydrogen-bond acceptors (Lipinski definition) is 6. The van der Waals surface area contributed by atoms with E-state index in [2.05, 4.69) is 15.3 Å². The summed E-state index contributed by atoms with van der Waals surface area (Å²) in [6.07, 6.45) is 4.98. The Morgan fingerprint density at radius 2 is 1.97 bits per heavy atom. The number of halogens is 1. The summed E-state index contributed by atoms with van der Waals surface area (Å²) < 4.78 is 5.69. The molecule has 1 amide bonds. The van der Waals surface area contributed by atoms with Crippen LogP contribution in [0.25, 0.3) is 11.2 Å². The molecule has 1 N–H and O–H groups in total. The van der Waals surface area contributed by atoms with Crippen LogP contribution in [0.3, 0.4) is 0 Å². The van der Waals surface area contributed by atoms with Crippen molar-refractivity contribution in [2.45, 2.75) is 12.6 Å². The normalized spacial score (nSPS) is 16.8. The smallest absolute Gasteiger partial charge is 0.332 e. The first-order valence-corrected chi connectivity index (χ1v) is 8.98. The number of hydrogen-bond donors (Lipinski definition) is 1. The molecule has 1 fully saturated rings. The van der Waals surface area contributed by atoms with Crippen molar-refractivity contribution in [3.8, 4) is 0 Å². The summed E-state index contributed by atoms with van der Waals surface area (Å²) >= 11 is 0. The summed E-state index contributed by atoms with van der Waals surface area (Å²) in [7, 11) is 5.09. The molecule has 0 bridgehead atoms. The number of nitrogens with one attached hydrogen (secondary N) is 1. The highest BCUT2D eigenvalue weighted by molar-refractivity contribution is 5.85. The first kappa shape index (κ1) is 20.8. The van der Waals surface area contributed by atoms with E-state index >= 15 is 0 Å². The van der Waals surface area contributed by atoms with Gasteiger partial charge in [-0.05, 0) is 0 Å². The zero-order valence-electron chi connectivity index (χ0n) is 16.4. The maximum Gasteiger partial charge on any atom is 0.332 e. The maximum absolute atomic E-state index is 13.1. The molecular formula is C17H23ClN8O3. The second-order valence-electron chi connectivity index (χ2n) is 6.96. The van der Waals surface area contributed by atoms with Crippen LogP contribution >= 0.6 is 12.4 Å². The lowest BCUT2D eigenvalue weighted by Crippen LogP contribution is -2.52. The molecule has 1 unspecified atom stereocenters. The van der Waals surface area contributed by atoms with Crippen LogP contribution in [-0.4, -0.2) is 58.7 Å². The van der Waals surface area contributed by atoms with E-state index in [1.54, 1.807) is 29.8 Å². The van der Waals surface area contributed by atoms with Gasteiger partial charge in [-0.3, -0.25) is 14.2 Å². The Morgan fingerprint density at radius 3 is 2.66 bits per heavy atom. The molecule has 0 saturated carbocycles. The van der Waals surface area contributed by atoms with Crippen LogP contribution in [0, 0.1) is 0 Å². The fraction of sp³-hybridized carbons (Fsp3) is 0.471. The number of carbonyl (C=O) groups is 1. The van der Waals surface area contributed by atoms with Gasteiger partial charge in [0.05, 0.1) is 6.33 Å². The SMILES string of the molecule is Cl.Cn1ccnc1C1CNCCN1C(=O)Cn1c(=O)c2c(ncn2C)n(C)c1=O. The minimum absolute atomic E-state index is 0. The molecule has 11 nitrogen and oxygen atoms in total. The monoisotopic (exact) mass is 422 g/mol. The Morgan fingerprint density at radius 1 is 1.21 bits per heavy atom. The quantitative estimate of drug-likeness (QED) is 0.565. The predicted octanol–water partition coefficient (Wildman–Crippen LogP) is -1.24. The van der Waals surface area contributed by atoms with Crippen molar-refractivity contribution in [2.24, 2.45) is 21.1 Å². The van der Waals surface area contributed by atoms with E-state index in [1.807, 2.05) is 17.8 Å². The van der Waals surface area contributed by atoms with E-state index in [4.69, 9.17) is 0 Å². The number of aryl methyl sites for hydroxylation is 3. The van der Waals surface area contributed by atoms with Gasteiger partial charge >= 0.3 is 5.69 Å². The Bertz CT molecular complexity index is 1170. The van der Waals surface area contributed by atoms with Gasteiger partial charge in [0.2, 0.25) is 5.91 Å². The van der Waals surface area contributed by atoms with E-state index < -0.39 is 11.2 Å². The van der Waals surface area contributed by atoms with Gasteiger partial charge in [0.25, 0.3) is 5.56 Å². The Balaban J connectivity index is 0.00000240. The fourth-order valence-electron chi connectivity index (χ4n) is 3.69. The Labute approximate surface area is 172 Å². The number of piperazine rings is 1. The van der Waals surface area contributed by atoms with E-state index in [9.17, 15) is 14.4 Å². The molecule has 0 aromatic carbocycles. The van der Waals surface area contributed by atoms with Crippen molar-refractivity contribution in [3.05, 3.63) is 45.4 Å². The molecule has 156 valence electrons. The van der Waals surface area contributed by atoms with Gasteiger partial charge in [0, 0.05) is 53.2 Å². The molecule has 0 radical (unpaired) electrons. The molecule has 1 saturated heterocycles. The summed E-state index contributed by atoms with van der Waals surface area (Å²) in [5.41, 5.74) is -0.492. The standard InChI is InChI=1S/C17H22N8O3.ClH/c1-21-6-5-19-14(21)11-8-18-4-7-24(11)12(26)9-25-16(27)13-15(20-10-22(13)2)23(3)17(25)28;/h5-6,10-11,18H,4,7-9H2,1-3H3;1H. The van der Waals surface area contributed by atoms with Crippen LogP contribution in [-0.2, 0) is 32.5 Å². The Hall–Kier alpha value is -2.92. The van der Waals surface area contributed by atoms with Crippen LogP contribution in [0.15, 0.2) is 28.3 Å². The third kappa shape index (κ3) is 3.36. The van der Waals surface area contributed by atoms with Crippen LogP contribution in [0.5, 0.6) is 0 Å². The molecular weight excluding hydrogens is 400 g/mol. The van der Waals surface area contributed by atoms with E-state index in [0.29, 0.717) is 25.3 Å². The first-order chi connectivity index (χ1) is 13.4. The Kier molecular flexibility index (Phi) is 5.62. The minimum atomic E-state index is -0.562. The zero-order valence-corrected chi connectivity index (χ0v) is 17.2. The summed E-state index contributed by atoms with van der Waals surface area (Å²) in [6, 6.07) is -0.263. The van der Waals surface area contributed by atoms with Crippen LogP contribution in [0.1, 0.15) is 11.9 Å². The van der Waals surface area contributed by atoms with Gasteiger partial charge < -0.3 is 19.4 Å². The van der Waals surface area contributed by atoms with E-state index in [-0.39, 0.29) is 36.4 Å². The highest BCUT2D eigenvalue weighted by atomic mass is 35.5. The lowest BCUT2D eigenvalue weighted by Gasteiger charge is -2.35. The van der Waals surface area contributed by atoms with Crippen molar-refractivity contribution in [1.29, 1.82) is 0 Å². The van der Waals surface area contributed by atoms with Crippen molar-refractivity contribution >= 4 is 29.5 Å². The lowest BCUT2D eigenvalue weighted by atomic mass is 10.1. The first-order valence-electron chi connectivity index (χ1n) is 8.98. The predicted molar refractivity (Wildman–Crippen MR) is 108 cm³/mol. The third-order valence-electron chi connectivity index (χ3n) is 5.21. The highest BCUT2D eigenvalue weighted by Gasteiger charge is 2.31. The second-order valence-corrected chi connectivity index (χ2v) is 6.96. The van der Waals surface area contributed by atoms with Crippen LogP contribution in [0.4, 0.5) is 0 Å². The third-order valence-corrected chi connectivity index (χ3v) is 5.21. The van der Waals surface area contributed by atoms with Gasteiger partial charge in [-0.15, -0.1) is 12.4 Å². The summed E-state index contributed by atoms with van der Waals surface area (Å²) in [4.78, 5) is 48.8. The number of rotatable bonds is 3. The topological polar surface area (TPSA) is 112 Å². The molecule has 4 heterocycles. The van der Waals surface area contributed by atoms with Crippen molar-refractivity contribution < 1.29 is 4.79 Å². The molecule has 4 rings (SSSR count). The van der Waals surface area contributed by atoms with Crippen molar-refractivity contribution in [2.75, 3.05) is 19.6 Å². The molecule has 3 aromatic rings. The van der Waals surface area contributed by atoms with Crippen molar-refractivity contribution in [3.63, 3.8) is 0 Å². The molecule has 0 aliphatic carbocycles. The van der Waals surface area contributed by atoms with Crippen LogP contribution < -0.4 is 16.6 Å². The van der Waals surface area contributed by atoms with Gasteiger partial charge in [-0.2, -0.15) is 0 Å². The zero-order chi connectivity index (χ0) is 20.0. The van der Waals surface area contributed by atoms with E-state index in [1.165, 1.54) is 10.9 Å². The average molecular weight is 423 g/mol. The average Bonchev–Trinajstić information content (AvgIpc) is 3.29. The van der Waals surface area contributed by atoms with Gasteiger partial charge in [0.1, 0.15) is 18.4 Å². The highest BCUT2D eigenvalue weighted by Crippen LogP contribution is 2.20. The minimum Gasteiger partial charge on any atom is -0.336 e. The number of carbonyl (C=O) groups excluding carboxylic acids is 1. The molecule has 1 aliphatic rings. The number of aromatic nitrogens is 6. The molecule has 1 aliphatic heterocycles. The molecule has 12 heteroatoms. The van der Waals surface area contributed by atoms with Crippen molar-refractivity contribution in [1.82, 2.24) is 38.5 Å². The summed E-state index contributed by atoms with van der Waals surface area (Å²) in [6.45, 7) is 1.34. The summed E-state index contributed by atoms with van der Waals surface area (Å²) in [5.74, 6) is 0.457. The van der Waals surface area contributed by atoms with Gasteiger partial charge in [-0.1, -0.05) is 0 Å². The molecule has 3 aromatic heterocycles. The molecule has 29 heavy (non-hydrogen) atoms. The second kappa shape index (κ2) is 7.84. The van der Waals surface area contributed by atoms with Crippen LogP contribution in [0.2, 0.25) is 0 Å². The summed E-state index contributed by atoms with van der Waals surface area (Å²) in [5, 5.41) is 3.27. The number of nitrogens with zero attached hydrogens (tertiary/aromatic N) is 7. The van der Waals surface area contributed by atoms with Gasteiger partial charge in [-0.25, -0.2) is 19.3 Å². The van der Waals surface area contributed by atoms with E-state index in [0.717, 1.165) is 10.4 Å².